The van der Waals surface area contributed by atoms with Crippen molar-refractivity contribution < 1.29 is 14.3 Å². The van der Waals surface area contributed by atoms with Crippen LogP contribution in [0.5, 0.6) is 0 Å². The fraction of sp³-hybridized carbons (Fsp3) is 0.333. The lowest BCUT2D eigenvalue weighted by atomic mass is 9.81. The molecule has 2 heterocycles. The number of amides is 1. The molecule has 2 atom stereocenters. The van der Waals surface area contributed by atoms with Crippen LogP contribution in [-0.2, 0) is 10.2 Å². The highest BCUT2D eigenvalue weighted by Gasteiger charge is 2.50. The highest BCUT2D eigenvalue weighted by atomic mass is 19.1. The maximum Gasteiger partial charge on any atom is 0.250 e. The van der Waals surface area contributed by atoms with Gasteiger partial charge >= 0.3 is 0 Å². The van der Waals surface area contributed by atoms with Crippen LogP contribution in [0.3, 0.4) is 0 Å². The third-order valence-electron chi connectivity index (χ3n) is 7.03. The van der Waals surface area contributed by atoms with Gasteiger partial charge in [-0.3, -0.25) is 4.79 Å². The zero-order valence-corrected chi connectivity index (χ0v) is 19.1. The zero-order valence-electron chi connectivity index (χ0n) is 19.1. The summed E-state index contributed by atoms with van der Waals surface area (Å²) < 4.78 is 16.5. The van der Waals surface area contributed by atoms with E-state index in [9.17, 15) is 14.3 Å². The Bertz CT molecular complexity index is 1260. The van der Waals surface area contributed by atoms with E-state index in [0.717, 1.165) is 23.2 Å². The third-order valence-corrected chi connectivity index (χ3v) is 7.03. The standard InChI is InChI=1S/C27H28FN3O2/c1-17-15-30(16-29-17)23-11-10-18(14-22(23)28)13-19-7-6-12-31(26(19)33)25-24(32)20-8-4-5-9-21(20)27(25,2)3/h4-5,8-11,13-16,24-25,32H,6-7,12H2,1-3H3/t24-,25+/m1/s1. The molecule has 6 heteroatoms. The largest absolute Gasteiger partial charge is 0.386 e. The number of likely N-dealkylation sites (tertiary alicyclic amines) is 1. The van der Waals surface area contributed by atoms with Gasteiger partial charge in [0.25, 0.3) is 0 Å². The second-order valence-corrected chi connectivity index (χ2v) is 9.60. The Morgan fingerprint density at radius 3 is 2.70 bits per heavy atom. The summed E-state index contributed by atoms with van der Waals surface area (Å²) >= 11 is 0. The van der Waals surface area contributed by atoms with Crippen LogP contribution in [0.2, 0.25) is 0 Å². The van der Waals surface area contributed by atoms with Crippen LogP contribution in [0.25, 0.3) is 11.8 Å². The average Bonchev–Trinajstić information content (AvgIpc) is 3.29. The molecule has 0 spiro atoms. The maximum absolute atomic E-state index is 14.8. The van der Waals surface area contributed by atoms with Gasteiger partial charge in [0.2, 0.25) is 5.91 Å². The van der Waals surface area contributed by atoms with Gasteiger partial charge in [-0.25, -0.2) is 9.37 Å². The van der Waals surface area contributed by atoms with E-state index in [4.69, 9.17) is 0 Å². The highest BCUT2D eigenvalue weighted by molar-refractivity contribution is 5.99. The Balaban J connectivity index is 1.43. The molecule has 33 heavy (non-hydrogen) atoms. The normalized spacial score (nSPS) is 23.2. The van der Waals surface area contributed by atoms with E-state index in [1.165, 1.54) is 6.07 Å². The molecule has 170 valence electrons. The van der Waals surface area contributed by atoms with Gasteiger partial charge in [0, 0.05) is 23.7 Å². The molecule has 2 aromatic carbocycles. The Morgan fingerprint density at radius 1 is 1.21 bits per heavy atom. The molecule has 1 aliphatic carbocycles. The number of aliphatic hydroxyl groups is 1. The second kappa shape index (κ2) is 7.96. The van der Waals surface area contributed by atoms with E-state index < -0.39 is 6.10 Å². The molecule has 1 aromatic heterocycles. The summed E-state index contributed by atoms with van der Waals surface area (Å²) in [6, 6.07) is 12.5. The molecule has 1 fully saturated rings. The Hall–Kier alpha value is -3.25. The smallest absolute Gasteiger partial charge is 0.250 e. The number of aromatic nitrogens is 2. The van der Waals surface area contributed by atoms with E-state index in [0.29, 0.717) is 29.8 Å². The van der Waals surface area contributed by atoms with Gasteiger partial charge in [-0.1, -0.05) is 44.2 Å². The van der Waals surface area contributed by atoms with Crippen molar-refractivity contribution in [3.63, 3.8) is 0 Å². The predicted molar refractivity (Wildman–Crippen MR) is 125 cm³/mol. The molecule has 0 saturated carbocycles. The lowest BCUT2D eigenvalue weighted by Crippen LogP contribution is -2.52. The highest BCUT2D eigenvalue weighted by Crippen LogP contribution is 2.48. The first-order valence-electron chi connectivity index (χ1n) is 11.4. The van der Waals surface area contributed by atoms with Crippen LogP contribution in [0.4, 0.5) is 4.39 Å². The average molecular weight is 446 g/mol. The van der Waals surface area contributed by atoms with Gasteiger partial charge in [-0.05, 0) is 54.7 Å². The Labute approximate surface area is 193 Å². The number of halogens is 1. The summed E-state index contributed by atoms with van der Waals surface area (Å²) in [5.74, 6) is -0.453. The molecule has 0 unspecified atom stereocenters. The summed E-state index contributed by atoms with van der Waals surface area (Å²) in [6.07, 6.45) is 5.85. The van der Waals surface area contributed by atoms with E-state index in [1.54, 1.807) is 29.2 Å². The fourth-order valence-corrected chi connectivity index (χ4v) is 5.43. The number of aliphatic hydroxyl groups excluding tert-OH is 1. The number of rotatable bonds is 3. The molecule has 2 aliphatic rings. The van der Waals surface area contributed by atoms with Crippen LogP contribution in [-0.4, -0.2) is 38.1 Å². The van der Waals surface area contributed by atoms with Gasteiger partial charge in [0.1, 0.15) is 11.9 Å². The molecule has 1 saturated heterocycles. The van der Waals surface area contributed by atoms with Gasteiger partial charge in [0.05, 0.1) is 23.8 Å². The predicted octanol–water partition coefficient (Wildman–Crippen LogP) is 4.72. The minimum Gasteiger partial charge on any atom is -0.386 e. The van der Waals surface area contributed by atoms with Crippen molar-refractivity contribution in [1.82, 2.24) is 14.5 Å². The third kappa shape index (κ3) is 3.59. The number of hydrogen-bond acceptors (Lipinski definition) is 3. The zero-order chi connectivity index (χ0) is 23.3. The Morgan fingerprint density at radius 2 is 2.00 bits per heavy atom. The van der Waals surface area contributed by atoms with Crippen molar-refractivity contribution in [2.75, 3.05) is 6.54 Å². The number of benzene rings is 2. The number of hydrogen-bond donors (Lipinski definition) is 1. The van der Waals surface area contributed by atoms with Crippen LogP contribution in [0.15, 0.2) is 60.6 Å². The summed E-state index contributed by atoms with van der Waals surface area (Å²) in [6.45, 7) is 6.63. The van der Waals surface area contributed by atoms with Gasteiger partial charge in [0.15, 0.2) is 0 Å². The molecule has 1 aliphatic heterocycles. The first-order valence-corrected chi connectivity index (χ1v) is 11.4. The van der Waals surface area contributed by atoms with E-state index in [-0.39, 0.29) is 23.2 Å². The number of aryl methyl sites for hydroxylation is 1. The summed E-state index contributed by atoms with van der Waals surface area (Å²) in [4.78, 5) is 19.5. The molecular weight excluding hydrogens is 417 g/mol. The van der Waals surface area contributed by atoms with Crippen molar-refractivity contribution in [3.8, 4) is 5.69 Å². The SMILES string of the molecule is Cc1cn(-c2ccc(C=C3CCCN([C@H]4[C@H](O)c5ccccc5C4(C)C)C3=O)cc2F)cn1. The number of carbonyl (C=O) groups excluding carboxylic acids is 1. The monoisotopic (exact) mass is 445 g/mol. The number of carbonyl (C=O) groups is 1. The van der Waals surface area contributed by atoms with Crippen LogP contribution in [0.1, 0.15) is 55.2 Å². The van der Waals surface area contributed by atoms with Crippen molar-refractivity contribution in [3.05, 3.63) is 88.8 Å². The lowest BCUT2D eigenvalue weighted by molar-refractivity contribution is -0.135. The Kier molecular flexibility index (Phi) is 5.20. The van der Waals surface area contributed by atoms with Crippen molar-refractivity contribution in [1.29, 1.82) is 0 Å². The van der Waals surface area contributed by atoms with E-state index >= 15 is 0 Å². The number of fused-ring (bicyclic) bond motifs is 1. The summed E-state index contributed by atoms with van der Waals surface area (Å²) in [5, 5.41) is 11.1. The van der Waals surface area contributed by atoms with Crippen molar-refractivity contribution >= 4 is 12.0 Å². The molecule has 1 amide bonds. The summed E-state index contributed by atoms with van der Waals surface area (Å²) in [7, 11) is 0. The second-order valence-electron chi connectivity index (χ2n) is 9.60. The van der Waals surface area contributed by atoms with Crippen molar-refractivity contribution in [2.24, 2.45) is 0 Å². The minimum absolute atomic E-state index is 0.0825. The van der Waals surface area contributed by atoms with Gasteiger partial charge in [-0.15, -0.1) is 0 Å². The molecule has 5 nitrogen and oxygen atoms in total. The minimum atomic E-state index is -0.727. The topological polar surface area (TPSA) is 58.4 Å². The fourth-order valence-electron chi connectivity index (χ4n) is 5.43. The molecular formula is C27H28FN3O2. The van der Waals surface area contributed by atoms with Crippen LogP contribution in [0, 0.1) is 12.7 Å². The summed E-state index contributed by atoms with van der Waals surface area (Å²) in [5.41, 5.74) is 4.13. The number of piperidine rings is 1. The molecule has 0 bridgehead atoms. The van der Waals surface area contributed by atoms with Crippen molar-refractivity contribution in [2.45, 2.75) is 51.2 Å². The first kappa shape index (κ1) is 21.6. The quantitative estimate of drug-likeness (QED) is 0.594. The molecule has 1 N–H and O–H groups in total. The van der Waals surface area contributed by atoms with Gasteiger partial charge < -0.3 is 14.6 Å². The van der Waals surface area contributed by atoms with Gasteiger partial charge in [-0.2, -0.15) is 0 Å². The lowest BCUT2D eigenvalue weighted by Gasteiger charge is -2.42. The maximum atomic E-state index is 14.8. The van der Waals surface area contributed by atoms with Crippen LogP contribution >= 0.6 is 0 Å². The first-order chi connectivity index (χ1) is 15.8. The molecule has 3 aromatic rings. The number of imidazole rings is 1. The molecule has 0 radical (unpaired) electrons. The van der Waals surface area contributed by atoms with E-state index in [1.807, 2.05) is 42.2 Å². The molecule has 5 rings (SSSR count). The van der Waals surface area contributed by atoms with E-state index in [2.05, 4.69) is 18.8 Å². The van der Waals surface area contributed by atoms with Crippen LogP contribution < -0.4 is 0 Å². The number of nitrogens with zero attached hydrogens (tertiary/aromatic N) is 3.